The van der Waals surface area contributed by atoms with E-state index in [1.807, 2.05) is 19.1 Å². The number of morpholine rings is 1. The SMILES string of the molecule is CCOc1cc(C)ccc1CNC(=NC)NCc1cccc(OCCN2CCOCC2)c1.I. The van der Waals surface area contributed by atoms with E-state index in [4.69, 9.17) is 14.2 Å². The number of guanidine groups is 1. The summed E-state index contributed by atoms with van der Waals surface area (Å²) in [6.45, 7) is 11.2. The van der Waals surface area contributed by atoms with Gasteiger partial charge in [0, 0.05) is 45.3 Å². The molecule has 0 saturated carbocycles. The number of halogens is 1. The van der Waals surface area contributed by atoms with Crippen molar-refractivity contribution in [1.29, 1.82) is 0 Å². The predicted molar refractivity (Wildman–Crippen MR) is 144 cm³/mol. The normalized spacial score (nSPS) is 14.3. The summed E-state index contributed by atoms with van der Waals surface area (Å²) in [7, 11) is 1.78. The van der Waals surface area contributed by atoms with E-state index in [0.29, 0.717) is 26.3 Å². The number of hydrogen-bond donors (Lipinski definition) is 2. The van der Waals surface area contributed by atoms with Gasteiger partial charge in [-0.3, -0.25) is 9.89 Å². The standard InChI is InChI=1S/C25H36N4O3.HI/c1-4-31-24-16-20(2)8-9-22(24)19-28-25(26-3)27-18-21-6-5-7-23(17-21)32-15-12-29-10-13-30-14-11-29;/h5-9,16-17H,4,10-15,18-19H2,1-3H3,(H2,26,27,28);1H. The van der Waals surface area contributed by atoms with Crippen LogP contribution in [0.15, 0.2) is 47.5 Å². The number of benzene rings is 2. The molecule has 0 radical (unpaired) electrons. The Kier molecular flexibility index (Phi) is 12.3. The molecular weight excluding hydrogens is 531 g/mol. The van der Waals surface area contributed by atoms with Crippen LogP contribution >= 0.6 is 24.0 Å². The van der Waals surface area contributed by atoms with Gasteiger partial charge in [-0.25, -0.2) is 0 Å². The molecule has 8 heteroatoms. The van der Waals surface area contributed by atoms with Crippen LogP contribution in [0.4, 0.5) is 0 Å². The van der Waals surface area contributed by atoms with Crippen LogP contribution in [0.25, 0.3) is 0 Å². The lowest BCUT2D eigenvalue weighted by atomic mass is 10.1. The first-order chi connectivity index (χ1) is 15.7. The van der Waals surface area contributed by atoms with Crippen molar-refractivity contribution in [2.45, 2.75) is 26.9 Å². The van der Waals surface area contributed by atoms with Gasteiger partial charge in [-0.2, -0.15) is 0 Å². The first kappa shape index (κ1) is 27.2. The van der Waals surface area contributed by atoms with Crippen LogP contribution < -0.4 is 20.1 Å². The van der Waals surface area contributed by atoms with Gasteiger partial charge >= 0.3 is 0 Å². The maximum Gasteiger partial charge on any atom is 0.191 e. The van der Waals surface area contributed by atoms with E-state index in [2.05, 4.69) is 57.8 Å². The van der Waals surface area contributed by atoms with Crippen LogP contribution in [0.5, 0.6) is 11.5 Å². The summed E-state index contributed by atoms with van der Waals surface area (Å²) in [5.74, 6) is 2.55. The summed E-state index contributed by atoms with van der Waals surface area (Å²) in [6.07, 6.45) is 0. The van der Waals surface area contributed by atoms with Crippen LogP contribution in [-0.2, 0) is 17.8 Å². The summed E-state index contributed by atoms with van der Waals surface area (Å²) >= 11 is 0. The molecule has 33 heavy (non-hydrogen) atoms. The summed E-state index contributed by atoms with van der Waals surface area (Å²) in [5, 5.41) is 6.75. The van der Waals surface area contributed by atoms with Crippen LogP contribution in [0.1, 0.15) is 23.6 Å². The quantitative estimate of drug-likeness (QED) is 0.260. The zero-order chi connectivity index (χ0) is 22.6. The maximum absolute atomic E-state index is 5.96. The Bertz CT molecular complexity index is 872. The van der Waals surface area contributed by atoms with Gasteiger partial charge in [0.05, 0.1) is 19.8 Å². The Labute approximate surface area is 214 Å². The maximum atomic E-state index is 5.96. The Morgan fingerprint density at radius 2 is 1.85 bits per heavy atom. The van der Waals surface area contributed by atoms with Gasteiger partial charge in [-0.05, 0) is 43.2 Å². The number of rotatable bonds is 10. The number of aliphatic imine (C=N–C) groups is 1. The third-order valence-corrected chi connectivity index (χ3v) is 5.33. The molecule has 0 aromatic heterocycles. The van der Waals surface area contributed by atoms with Crippen LogP contribution in [0.3, 0.4) is 0 Å². The molecule has 2 N–H and O–H groups in total. The fourth-order valence-electron chi connectivity index (χ4n) is 3.55. The highest BCUT2D eigenvalue weighted by Gasteiger charge is 2.10. The minimum absolute atomic E-state index is 0. The van der Waals surface area contributed by atoms with E-state index >= 15 is 0 Å². The molecule has 7 nitrogen and oxygen atoms in total. The molecule has 182 valence electrons. The largest absolute Gasteiger partial charge is 0.494 e. The topological polar surface area (TPSA) is 67.3 Å². The second-order valence-electron chi connectivity index (χ2n) is 7.77. The summed E-state index contributed by atoms with van der Waals surface area (Å²) in [4.78, 5) is 6.71. The van der Waals surface area contributed by atoms with Crippen molar-refractivity contribution < 1.29 is 14.2 Å². The first-order valence-electron chi connectivity index (χ1n) is 11.4. The molecule has 1 aliphatic heterocycles. The predicted octanol–water partition coefficient (Wildman–Crippen LogP) is 3.59. The van der Waals surface area contributed by atoms with Gasteiger partial charge in [0.1, 0.15) is 18.1 Å². The lowest BCUT2D eigenvalue weighted by molar-refractivity contribution is 0.0322. The van der Waals surface area contributed by atoms with Crippen molar-refractivity contribution in [2.24, 2.45) is 4.99 Å². The van der Waals surface area contributed by atoms with Gasteiger partial charge in [0.15, 0.2) is 5.96 Å². The Hall–Kier alpha value is -2.04. The van der Waals surface area contributed by atoms with E-state index in [1.165, 1.54) is 5.56 Å². The van der Waals surface area contributed by atoms with Gasteiger partial charge in [0.25, 0.3) is 0 Å². The second-order valence-corrected chi connectivity index (χ2v) is 7.77. The Morgan fingerprint density at radius 1 is 1.06 bits per heavy atom. The van der Waals surface area contributed by atoms with Crippen molar-refractivity contribution in [3.63, 3.8) is 0 Å². The lowest BCUT2D eigenvalue weighted by Crippen LogP contribution is -2.38. The van der Waals surface area contributed by atoms with Gasteiger partial charge in [-0.1, -0.05) is 24.3 Å². The summed E-state index contributed by atoms with van der Waals surface area (Å²) in [6, 6.07) is 14.5. The molecule has 1 fully saturated rings. The fraction of sp³-hybridized carbons (Fsp3) is 0.480. The molecule has 2 aromatic rings. The molecule has 1 saturated heterocycles. The summed E-state index contributed by atoms with van der Waals surface area (Å²) < 4.78 is 17.1. The van der Waals surface area contributed by atoms with Gasteiger partial charge in [-0.15, -0.1) is 24.0 Å². The van der Waals surface area contributed by atoms with E-state index < -0.39 is 0 Å². The van der Waals surface area contributed by atoms with Crippen molar-refractivity contribution in [1.82, 2.24) is 15.5 Å². The third kappa shape index (κ3) is 9.38. The fourth-order valence-corrected chi connectivity index (χ4v) is 3.55. The Balaban J connectivity index is 0.00000385. The van der Waals surface area contributed by atoms with Gasteiger partial charge in [0.2, 0.25) is 0 Å². The van der Waals surface area contributed by atoms with Crippen LogP contribution in [-0.4, -0.2) is 64.0 Å². The highest BCUT2D eigenvalue weighted by Crippen LogP contribution is 2.20. The average molecular weight is 569 g/mol. The highest BCUT2D eigenvalue weighted by molar-refractivity contribution is 14.0. The van der Waals surface area contributed by atoms with E-state index in [0.717, 1.165) is 61.4 Å². The number of nitrogens with zero attached hydrogens (tertiary/aromatic N) is 2. The zero-order valence-electron chi connectivity index (χ0n) is 19.9. The summed E-state index contributed by atoms with van der Waals surface area (Å²) in [5.41, 5.74) is 3.44. The molecule has 0 unspecified atom stereocenters. The van der Waals surface area contributed by atoms with E-state index in [-0.39, 0.29) is 24.0 Å². The lowest BCUT2D eigenvalue weighted by Gasteiger charge is -2.26. The Morgan fingerprint density at radius 3 is 2.61 bits per heavy atom. The monoisotopic (exact) mass is 568 g/mol. The van der Waals surface area contributed by atoms with Crippen molar-refractivity contribution in [3.8, 4) is 11.5 Å². The van der Waals surface area contributed by atoms with E-state index in [9.17, 15) is 0 Å². The third-order valence-electron chi connectivity index (χ3n) is 5.33. The molecule has 0 spiro atoms. The van der Waals surface area contributed by atoms with E-state index in [1.54, 1.807) is 7.05 Å². The number of nitrogens with one attached hydrogen (secondary N) is 2. The number of hydrogen-bond acceptors (Lipinski definition) is 5. The molecule has 0 aliphatic carbocycles. The number of ether oxygens (including phenoxy) is 3. The second kappa shape index (κ2) is 15.0. The van der Waals surface area contributed by atoms with Crippen molar-refractivity contribution in [2.75, 3.05) is 53.1 Å². The minimum Gasteiger partial charge on any atom is -0.494 e. The highest BCUT2D eigenvalue weighted by atomic mass is 127. The molecule has 0 amide bonds. The smallest absolute Gasteiger partial charge is 0.191 e. The molecule has 1 heterocycles. The molecule has 0 atom stereocenters. The van der Waals surface area contributed by atoms with Gasteiger partial charge < -0.3 is 24.8 Å². The first-order valence-corrected chi connectivity index (χ1v) is 11.4. The molecule has 3 rings (SSSR count). The number of aryl methyl sites for hydroxylation is 1. The molecule has 0 bridgehead atoms. The molecule has 1 aliphatic rings. The van der Waals surface area contributed by atoms with Crippen molar-refractivity contribution in [3.05, 3.63) is 59.2 Å². The molecule has 2 aromatic carbocycles. The zero-order valence-corrected chi connectivity index (χ0v) is 22.3. The van der Waals surface area contributed by atoms with Crippen molar-refractivity contribution >= 4 is 29.9 Å². The van der Waals surface area contributed by atoms with Crippen LogP contribution in [0.2, 0.25) is 0 Å². The van der Waals surface area contributed by atoms with Crippen LogP contribution in [0, 0.1) is 6.92 Å². The minimum atomic E-state index is 0. The average Bonchev–Trinajstić information content (AvgIpc) is 2.81. The molecular formula is C25H37IN4O3.